The maximum Gasteiger partial charge on any atom is 0.284 e. The van der Waals surface area contributed by atoms with Crippen molar-refractivity contribution in [3.05, 3.63) is 63.9 Å². The van der Waals surface area contributed by atoms with Gasteiger partial charge in [0, 0.05) is 10.4 Å². The van der Waals surface area contributed by atoms with E-state index >= 15 is 0 Å². The van der Waals surface area contributed by atoms with Crippen LogP contribution in [0.3, 0.4) is 0 Å². The topological polar surface area (TPSA) is 57.3 Å². The Hall–Kier alpha value is -2.79. The van der Waals surface area contributed by atoms with Crippen molar-refractivity contribution >= 4 is 22.6 Å². The molecule has 0 unspecified atom stereocenters. The highest BCUT2D eigenvalue weighted by atomic mass is 35.5. The molecule has 2 aromatic carbocycles. The Morgan fingerprint density at radius 1 is 1.17 bits per heavy atom. The minimum atomic E-state index is -0.254. The van der Waals surface area contributed by atoms with Crippen molar-refractivity contribution in [2.75, 3.05) is 7.11 Å². The molecule has 2 aliphatic rings. The van der Waals surface area contributed by atoms with E-state index in [0.29, 0.717) is 27.6 Å². The average molecular weight is 327 g/mol. The fourth-order valence-electron chi connectivity index (χ4n) is 2.55. The van der Waals surface area contributed by atoms with E-state index in [1.165, 1.54) is 4.68 Å². The molecule has 0 saturated heterocycles. The molecule has 2 heterocycles. The van der Waals surface area contributed by atoms with E-state index in [1.54, 1.807) is 43.5 Å². The molecule has 0 fully saturated rings. The number of fused-ring (bicyclic) bond motifs is 2. The second-order valence-electron chi connectivity index (χ2n) is 5.04. The lowest BCUT2D eigenvalue weighted by Crippen LogP contribution is -2.14. The number of nitrogens with zero attached hydrogens (tertiary/aromatic N) is 2. The van der Waals surface area contributed by atoms with Gasteiger partial charge < -0.3 is 9.15 Å². The highest BCUT2D eigenvalue weighted by molar-refractivity contribution is 6.30. The van der Waals surface area contributed by atoms with Gasteiger partial charge in [0.15, 0.2) is 11.3 Å². The van der Waals surface area contributed by atoms with Crippen LogP contribution in [0.1, 0.15) is 0 Å². The highest BCUT2D eigenvalue weighted by Crippen LogP contribution is 2.31. The fraction of sp³-hybridized carbons (Fsp3) is 0.0588. The van der Waals surface area contributed by atoms with Gasteiger partial charge in [0.1, 0.15) is 5.56 Å². The lowest BCUT2D eigenvalue weighted by molar-refractivity contribution is 0.409. The molecule has 2 aliphatic heterocycles. The molecule has 23 heavy (non-hydrogen) atoms. The molecule has 0 aliphatic carbocycles. The van der Waals surface area contributed by atoms with E-state index in [2.05, 4.69) is 5.10 Å². The number of para-hydroxylation sites is 1. The van der Waals surface area contributed by atoms with Gasteiger partial charge in [-0.15, -0.1) is 5.10 Å². The lowest BCUT2D eigenvalue weighted by atomic mass is 10.1. The number of ether oxygens (including phenoxy) is 1. The largest absolute Gasteiger partial charge is 0.493 e. The maximum absolute atomic E-state index is 12.6. The third kappa shape index (κ3) is 2.17. The molecular weight excluding hydrogens is 316 g/mol. The zero-order valence-electron chi connectivity index (χ0n) is 12.1. The van der Waals surface area contributed by atoms with Crippen LogP contribution in [0, 0.1) is 0 Å². The Bertz CT molecular complexity index is 1050. The highest BCUT2D eigenvalue weighted by Gasteiger charge is 2.20. The zero-order chi connectivity index (χ0) is 16.0. The first-order valence-corrected chi connectivity index (χ1v) is 7.31. The van der Waals surface area contributed by atoms with Crippen LogP contribution in [0.2, 0.25) is 5.02 Å². The van der Waals surface area contributed by atoms with E-state index in [0.717, 1.165) is 5.39 Å². The monoisotopic (exact) mass is 326 g/mol. The van der Waals surface area contributed by atoms with Crippen LogP contribution >= 0.6 is 11.6 Å². The molecular formula is C17H11ClN2O3. The second kappa shape index (κ2) is 5.14. The van der Waals surface area contributed by atoms with Gasteiger partial charge in [0.05, 0.1) is 12.8 Å². The van der Waals surface area contributed by atoms with E-state index in [4.69, 9.17) is 20.8 Å². The Kier molecular flexibility index (Phi) is 3.09. The summed E-state index contributed by atoms with van der Waals surface area (Å²) in [6.45, 7) is 0. The molecule has 0 amide bonds. The Balaban J connectivity index is 2.03. The summed E-state index contributed by atoms with van der Waals surface area (Å²) < 4.78 is 12.4. The molecule has 0 atom stereocenters. The van der Waals surface area contributed by atoms with Gasteiger partial charge in [-0.2, -0.15) is 4.68 Å². The first-order chi connectivity index (χ1) is 11.2. The van der Waals surface area contributed by atoms with Crippen molar-refractivity contribution in [1.82, 2.24) is 9.78 Å². The van der Waals surface area contributed by atoms with Gasteiger partial charge >= 0.3 is 0 Å². The fourth-order valence-corrected chi connectivity index (χ4v) is 2.73. The summed E-state index contributed by atoms with van der Waals surface area (Å²) in [7, 11) is 1.57. The summed E-state index contributed by atoms with van der Waals surface area (Å²) in [4.78, 5) is 12.6. The van der Waals surface area contributed by atoms with Crippen molar-refractivity contribution in [3.63, 3.8) is 0 Å². The zero-order valence-corrected chi connectivity index (χ0v) is 12.9. The van der Waals surface area contributed by atoms with Gasteiger partial charge in [-0.05, 0) is 30.3 Å². The summed E-state index contributed by atoms with van der Waals surface area (Å²) in [5.74, 6) is 0.848. The number of halogens is 1. The third-order valence-corrected chi connectivity index (χ3v) is 3.86. The molecule has 0 radical (unpaired) electrons. The van der Waals surface area contributed by atoms with Gasteiger partial charge in [-0.25, -0.2) is 0 Å². The van der Waals surface area contributed by atoms with Crippen molar-refractivity contribution in [1.29, 1.82) is 0 Å². The van der Waals surface area contributed by atoms with Gasteiger partial charge in [0.25, 0.3) is 5.56 Å². The van der Waals surface area contributed by atoms with Crippen LogP contribution in [0.25, 0.3) is 28.1 Å². The van der Waals surface area contributed by atoms with Crippen LogP contribution < -0.4 is 10.3 Å². The molecule has 0 spiro atoms. The van der Waals surface area contributed by atoms with E-state index in [9.17, 15) is 4.79 Å². The maximum atomic E-state index is 12.6. The first kappa shape index (κ1) is 13.8. The number of benzene rings is 2. The lowest BCUT2D eigenvalue weighted by Gasteiger charge is -2.04. The number of rotatable bonds is 2. The third-order valence-electron chi connectivity index (χ3n) is 3.62. The standard InChI is InChI=1S/C17H11ClN2O3/c1-22-14-7-2-4-10-8-13-16(23-15(10)14)19-20(17(13)21)12-6-3-5-11(18)9-12/h2-9H,1H3. The minimum Gasteiger partial charge on any atom is -0.493 e. The number of hydrogen-bond donors (Lipinski definition) is 0. The molecule has 5 nitrogen and oxygen atoms in total. The summed E-state index contributed by atoms with van der Waals surface area (Å²) in [5, 5.41) is 5.58. The second-order valence-corrected chi connectivity index (χ2v) is 5.48. The van der Waals surface area contributed by atoms with Crippen molar-refractivity contribution in [2.24, 2.45) is 0 Å². The smallest absolute Gasteiger partial charge is 0.284 e. The summed E-state index contributed by atoms with van der Waals surface area (Å²) >= 11 is 5.99. The molecule has 0 aromatic heterocycles. The predicted octanol–water partition coefficient (Wildman–Crippen LogP) is 3.75. The first-order valence-electron chi connectivity index (χ1n) is 6.93. The molecule has 0 N–H and O–H groups in total. The molecule has 0 bridgehead atoms. The molecule has 6 heteroatoms. The number of aromatic nitrogens is 2. The summed E-state index contributed by atoms with van der Waals surface area (Å²) in [6, 6.07) is 14.2. The summed E-state index contributed by atoms with van der Waals surface area (Å²) in [5.41, 5.74) is 1.30. The molecule has 0 saturated carbocycles. The molecule has 4 rings (SSSR count). The minimum absolute atomic E-state index is 0.254. The van der Waals surface area contributed by atoms with E-state index in [1.807, 2.05) is 12.1 Å². The van der Waals surface area contributed by atoms with Crippen LogP contribution in [0.5, 0.6) is 5.75 Å². The Labute approximate surface area is 136 Å². The van der Waals surface area contributed by atoms with E-state index < -0.39 is 0 Å². The van der Waals surface area contributed by atoms with Crippen molar-refractivity contribution in [2.45, 2.75) is 0 Å². The van der Waals surface area contributed by atoms with Gasteiger partial charge in [-0.1, -0.05) is 29.8 Å². The molecule has 2 aromatic rings. The van der Waals surface area contributed by atoms with Crippen molar-refractivity contribution < 1.29 is 9.15 Å². The summed E-state index contributed by atoms with van der Waals surface area (Å²) in [6.07, 6.45) is 0. The number of methoxy groups -OCH3 is 1. The Morgan fingerprint density at radius 3 is 2.78 bits per heavy atom. The molecule has 114 valence electrons. The Morgan fingerprint density at radius 2 is 2.00 bits per heavy atom. The van der Waals surface area contributed by atoms with Crippen LogP contribution in [-0.2, 0) is 0 Å². The van der Waals surface area contributed by atoms with Crippen LogP contribution in [0.15, 0.2) is 57.7 Å². The average Bonchev–Trinajstić information content (AvgIpc) is 2.89. The predicted molar refractivity (Wildman–Crippen MR) is 87.8 cm³/mol. The van der Waals surface area contributed by atoms with Gasteiger partial charge in [-0.3, -0.25) is 4.79 Å². The van der Waals surface area contributed by atoms with E-state index in [-0.39, 0.29) is 11.4 Å². The van der Waals surface area contributed by atoms with Crippen molar-refractivity contribution in [3.8, 4) is 22.9 Å². The van der Waals surface area contributed by atoms with Crippen LogP contribution in [0.4, 0.5) is 0 Å². The van der Waals surface area contributed by atoms with Crippen LogP contribution in [-0.4, -0.2) is 16.9 Å². The quantitative estimate of drug-likeness (QED) is 0.563. The van der Waals surface area contributed by atoms with Gasteiger partial charge in [0.2, 0.25) is 5.89 Å². The number of hydrogen-bond acceptors (Lipinski definition) is 4. The SMILES string of the molecule is COc1cccc2cc3c(=O)n(-c4cccc(Cl)c4)nc-3oc12. The normalized spacial score (nSPS) is 11.2.